The van der Waals surface area contributed by atoms with Gasteiger partial charge >= 0.3 is 5.69 Å². The van der Waals surface area contributed by atoms with Crippen molar-refractivity contribution in [1.29, 1.82) is 0 Å². The third-order valence-corrected chi connectivity index (χ3v) is 4.03. The molecule has 1 amide bonds. The smallest absolute Gasteiger partial charge is 0.319 e. The van der Waals surface area contributed by atoms with Crippen molar-refractivity contribution in [3.63, 3.8) is 0 Å². The maximum absolute atomic E-state index is 12.5. The van der Waals surface area contributed by atoms with Gasteiger partial charge in [-0.3, -0.25) is 9.36 Å². The van der Waals surface area contributed by atoms with Crippen molar-refractivity contribution in [2.24, 2.45) is 0 Å². The molecular formula is C17H13Cl2N3O2. The molecule has 3 aromatic rings. The minimum atomic E-state index is -0.451. The van der Waals surface area contributed by atoms with Gasteiger partial charge in [0, 0.05) is 11.2 Å². The van der Waals surface area contributed by atoms with E-state index in [1.54, 1.807) is 18.2 Å². The lowest BCUT2D eigenvalue weighted by Crippen LogP contribution is -2.24. The Morgan fingerprint density at radius 1 is 1.12 bits per heavy atom. The van der Waals surface area contributed by atoms with Crippen molar-refractivity contribution < 1.29 is 4.79 Å². The molecule has 0 aliphatic rings. The van der Waals surface area contributed by atoms with E-state index in [0.29, 0.717) is 15.7 Å². The summed E-state index contributed by atoms with van der Waals surface area (Å²) in [6.45, 7) is 0.287. The van der Waals surface area contributed by atoms with Crippen LogP contribution in [0.25, 0.3) is 0 Å². The summed E-state index contributed by atoms with van der Waals surface area (Å²) in [7, 11) is 0. The molecule has 24 heavy (non-hydrogen) atoms. The lowest BCUT2D eigenvalue weighted by molar-refractivity contribution is 0.101. The Hall–Kier alpha value is -2.50. The molecule has 0 unspecified atom stereocenters. The minimum Gasteiger partial charge on any atom is -0.319 e. The van der Waals surface area contributed by atoms with Crippen molar-refractivity contribution in [3.05, 3.63) is 86.5 Å². The van der Waals surface area contributed by atoms with Crippen molar-refractivity contribution in [1.82, 2.24) is 9.55 Å². The second-order valence-corrected chi connectivity index (χ2v) is 5.97. The van der Waals surface area contributed by atoms with Crippen LogP contribution >= 0.6 is 23.2 Å². The minimum absolute atomic E-state index is 0.208. The van der Waals surface area contributed by atoms with E-state index in [9.17, 15) is 9.59 Å². The fourth-order valence-electron chi connectivity index (χ4n) is 2.29. The summed E-state index contributed by atoms with van der Waals surface area (Å²) < 4.78 is 1.36. The highest BCUT2D eigenvalue weighted by atomic mass is 35.5. The lowest BCUT2D eigenvalue weighted by Gasteiger charge is -2.10. The van der Waals surface area contributed by atoms with E-state index in [2.05, 4.69) is 10.3 Å². The zero-order chi connectivity index (χ0) is 17.1. The number of nitrogens with zero attached hydrogens (tertiary/aromatic N) is 1. The summed E-state index contributed by atoms with van der Waals surface area (Å²) in [5, 5.41) is 3.48. The molecule has 3 rings (SSSR count). The van der Waals surface area contributed by atoms with Crippen LogP contribution in [-0.2, 0) is 6.54 Å². The number of hydrogen-bond acceptors (Lipinski definition) is 2. The number of H-pyrrole nitrogens is 1. The second-order valence-electron chi connectivity index (χ2n) is 5.13. The summed E-state index contributed by atoms with van der Waals surface area (Å²) in [5.41, 5.74) is 1.14. The van der Waals surface area contributed by atoms with Crippen molar-refractivity contribution in [3.8, 4) is 0 Å². The number of amides is 1. The first-order valence-electron chi connectivity index (χ1n) is 7.13. The van der Waals surface area contributed by atoms with Gasteiger partial charge in [-0.05, 0) is 23.8 Å². The highest BCUT2D eigenvalue weighted by molar-refractivity contribution is 6.35. The molecule has 0 radical (unpaired) electrons. The Bertz CT molecular complexity index is 933. The molecular weight excluding hydrogens is 349 g/mol. The Morgan fingerprint density at radius 3 is 2.62 bits per heavy atom. The van der Waals surface area contributed by atoms with Gasteiger partial charge in [-0.15, -0.1) is 0 Å². The number of aromatic nitrogens is 2. The Morgan fingerprint density at radius 2 is 1.88 bits per heavy atom. The van der Waals surface area contributed by atoms with Gasteiger partial charge in [0.2, 0.25) is 0 Å². The SMILES string of the molecule is O=C(Nc1cc(Cl)ccc1Cl)c1c[nH]c(=O)n1Cc1ccccc1. The van der Waals surface area contributed by atoms with E-state index in [1.807, 2.05) is 30.3 Å². The van der Waals surface area contributed by atoms with Crippen molar-refractivity contribution in [2.45, 2.75) is 6.54 Å². The molecule has 0 saturated carbocycles. The molecule has 0 spiro atoms. The predicted molar refractivity (Wildman–Crippen MR) is 95.0 cm³/mol. The molecule has 1 aromatic heterocycles. The molecule has 7 heteroatoms. The van der Waals surface area contributed by atoms with E-state index in [0.717, 1.165) is 5.56 Å². The number of anilines is 1. The molecule has 2 N–H and O–H groups in total. The van der Waals surface area contributed by atoms with Crippen LogP contribution in [0.2, 0.25) is 10.0 Å². The number of nitrogens with one attached hydrogen (secondary N) is 2. The molecule has 5 nitrogen and oxygen atoms in total. The molecule has 2 aromatic carbocycles. The zero-order valence-corrected chi connectivity index (χ0v) is 13.9. The molecule has 0 bridgehead atoms. The number of carbonyl (C=O) groups is 1. The highest BCUT2D eigenvalue weighted by Gasteiger charge is 2.16. The molecule has 0 saturated heterocycles. The number of halogens is 2. The summed E-state index contributed by atoms with van der Waals surface area (Å²) in [6, 6.07) is 14.2. The fraction of sp³-hybridized carbons (Fsp3) is 0.0588. The first-order chi connectivity index (χ1) is 11.5. The van der Waals surface area contributed by atoms with Gasteiger partial charge in [0.15, 0.2) is 0 Å². The van der Waals surface area contributed by atoms with Gasteiger partial charge < -0.3 is 10.3 Å². The average Bonchev–Trinajstić information content (AvgIpc) is 2.93. The quantitative estimate of drug-likeness (QED) is 0.742. The Labute approximate surface area is 147 Å². The third-order valence-electron chi connectivity index (χ3n) is 3.46. The van der Waals surface area contributed by atoms with Gasteiger partial charge in [-0.2, -0.15) is 0 Å². The molecule has 122 valence electrons. The maximum atomic E-state index is 12.5. The Kier molecular flexibility index (Phi) is 4.74. The van der Waals surface area contributed by atoms with E-state index >= 15 is 0 Å². The molecule has 0 aliphatic carbocycles. The normalized spacial score (nSPS) is 10.6. The third kappa shape index (κ3) is 3.53. The summed E-state index contributed by atoms with van der Waals surface area (Å²) in [6.07, 6.45) is 1.37. The van der Waals surface area contributed by atoms with E-state index in [-0.39, 0.29) is 17.9 Å². The maximum Gasteiger partial charge on any atom is 0.326 e. The van der Waals surface area contributed by atoms with Crippen LogP contribution in [0.3, 0.4) is 0 Å². The van der Waals surface area contributed by atoms with Crippen LogP contribution in [0.15, 0.2) is 59.5 Å². The molecule has 0 fully saturated rings. The van der Waals surface area contributed by atoms with Gasteiger partial charge in [0.1, 0.15) is 5.69 Å². The van der Waals surface area contributed by atoms with E-state index < -0.39 is 5.91 Å². The number of benzene rings is 2. The number of rotatable bonds is 4. The van der Waals surface area contributed by atoms with Gasteiger partial charge in [-0.1, -0.05) is 53.5 Å². The Balaban J connectivity index is 1.88. The van der Waals surface area contributed by atoms with Crippen LogP contribution in [0.4, 0.5) is 5.69 Å². The summed E-state index contributed by atoms with van der Waals surface area (Å²) in [5.74, 6) is -0.451. The first kappa shape index (κ1) is 16.4. The van der Waals surface area contributed by atoms with Crippen molar-refractivity contribution >= 4 is 34.8 Å². The molecule has 0 atom stereocenters. The predicted octanol–water partition coefficient (Wildman–Crippen LogP) is 3.78. The number of aromatic amines is 1. The van der Waals surface area contributed by atoms with Crippen LogP contribution in [0.1, 0.15) is 16.1 Å². The topological polar surface area (TPSA) is 66.9 Å². The van der Waals surface area contributed by atoms with Gasteiger partial charge in [0.25, 0.3) is 5.91 Å². The van der Waals surface area contributed by atoms with Crippen LogP contribution in [0, 0.1) is 0 Å². The molecule has 1 heterocycles. The van der Waals surface area contributed by atoms with Gasteiger partial charge in [-0.25, -0.2) is 4.79 Å². The van der Waals surface area contributed by atoms with Crippen LogP contribution in [-0.4, -0.2) is 15.5 Å². The number of imidazole rings is 1. The van der Waals surface area contributed by atoms with E-state index in [4.69, 9.17) is 23.2 Å². The summed E-state index contributed by atoms with van der Waals surface area (Å²) >= 11 is 12.0. The summed E-state index contributed by atoms with van der Waals surface area (Å²) in [4.78, 5) is 27.0. The zero-order valence-electron chi connectivity index (χ0n) is 12.4. The second kappa shape index (κ2) is 6.95. The first-order valence-corrected chi connectivity index (χ1v) is 7.89. The van der Waals surface area contributed by atoms with E-state index in [1.165, 1.54) is 10.8 Å². The van der Waals surface area contributed by atoms with Gasteiger partial charge in [0.05, 0.1) is 17.3 Å². The lowest BCUT2D eigenvalue weighted by atomic mass is 10.2. The highest BCUT2D eigenvalue weighted by Crippen LogP contribution is 2.25. The number of carbonyl (C=O) groups excluding carboxylic acids is 1. The standard InChI is InChI=1S/C17H13Cl2N3O2/c18-12-6-7-13(19)14(8-12)21-16(23)15-9-20-17(24)22(15)10-11-4-2-1-3-5-11/h1-9H,10H2,(H,20,24)(H,21,23). The van der Waals surface area contributed by atoms with Crippen LogP contribution in [0.5, 0.6) is 0 Å². The fourth-order valence-corrected chi connectivity index (χ4v) is 2.62. The monoisotopic (exact) mass is 361 g/mol. The average molecular weight is 362 g/mol. The van der Waals surface area contributed by atoms with Crippen LogP contribution < -0.4 is 11.0 Å². The molecule has 0 aliphatic heterocycles. The largest absolute Gasteiger partial charge is 0.326 e. The van der Waals surface area contributed by atoms with Crippen molar-refractivity contribution in [2.75, 3.05) is 5.32 Å². The number of hydrogen-bond donors (Lipinski definition) is 2.